The van der Waals surface area contributed by atoms with Crippen LogP contribution < -0.4 is 9.46 Å². The van der Waals surface area contributed by atoms with Crippen LogP contribution in [0.3, 0.4) is 0 Å². The minimum Gasteiger partial charge on any atom is -0.497 e. The van der Waals surface area contributed by atoms with Gasteiger partial charge in [0.2, 0.25) is 10.0 Å². The summed E-state index contributed by atoms with van der Waals surface area (Å²) in [6.45, 7) is 1.53. The summed E-state index contributed by atoms with van der Waals surface area (Å²) in [4.78, 5) is 0.0277. The quantitative estimate of drug-likeness (QED) is 0.484. The van der Waals surface area contributed by atoms with Gasteiger partial charge in [0.05, 0.1) is 29.5 Å². The Morgan fingerprint density at radius 3 is 2.34 bits per heavy atom. The smallest absolute Gasteiger partial charge is 0.279 e. The first-order chi connectivity index (χ1) is 16.6. The summed E-state index contributed by atoms with van der Waals surface area (Å²) in [5.74, 6) is -0.0112. The number of nitrogens with one attached hydrogen (secondary N) is 1. The Morgan fingerprint density at radius 2 is 1.71 bits per heavy atom. The molecule has 184 valence electrons. The van der Waals surface area contributed by atoms with Crippen molar-refractivity contribution in [3.63, 3.8) is 0 Å². The first-order valence-electron chi connectivity index (χ1n) is 10.8. The lowest BCUT2D eigenvalue weighted by Crippen LogP contribution is -2.27. The molecule has 1 heterocycles. The fraction of sp³-hybridized carbons (Fsp3) is 0.208. The number of methoxy groups -OCH3 is 1. The number of benzene rings is 3. The molecular formula is C24H24FN3O5S2. The van der Waals surface area contributed by atoms with Gasteiger partial charge >= 0.3 is 0 Å². The van der Waals surface area contributed by atoms with E-state index in [1.54, 1.807) is 36.4 Å². The highest BCUT2D eigenvalue weighted by atomic mass is 32.2. The van der Waals surface area contributed by atoms with E-state index >= 15 is 0 Å². The van der Waals surface area contributed by atoms with Crippen molar-refractivity contribution in [1.82, 2.24) is 4.41 Å². The average Bonchev–Trinajstić information content (AvgIpc) is 3.31. The van der Waals surface area contributed by atoms with Crippen molar-refractivity contribution in [1.29, 1.82) is 0 Å². The first kappa shape index (κ1) is 24.7. The summed E-state index contributed by atoms with van der Waals surface area (Å²) < 4.78 is 73.3. The van der Waals surface area contributed by atoms with Crippen molar-refractivity contribution in [2.75, 3.05) is 17.6 Å². The largest absolute Gasteiger partial charge is 0.497 e. The van der Waals surface area contributed by atoms with E-state index in [9.17, 15) is 21.2 Å². The number of rotatable bonds is 8. The lowest BCUT2D eigenvalue weighted by atomic mass is 9.99. The van der Waals surface area contributed by atoms with Crippen LogP contribution in [0.15, 0.2) is 82.8 Å². The van der Waals surface area contributed by atoms with Crippen molar-refractivity contribution in [2.45, 2.75) is 24.3 Å². The number of ether oxygens (including phenoxy) is 1. The fourth-order valence-electron chi connectivity index (χ4n) is 3.69. The standard InChI is InChI=1S/C24H24FN3O5S2/c1-3-34(29,30)27-20-6-4-5-18(15-20)23-16-24(17-7-9-19(25)10-8-17)28(26-23)35(31,32)22-13-11-21(33-2)12-14-22/h4-15,24,27H,3,16H2,1-2H3/t24-/m1/s1. The summed E-state index contributed by atoms with van der Waals surface area (Å²) in [6.07, 6.45) is 0.213. The molecule has 0 aromatic heterocycles. The highest BCUT2D eigenvalue weighted by Crippen LogP contribution is 2.37. The maximum atomic E-state index is 13.6. The summed E-state index contributed by atoms with van der Waals surface area (Å²) in [5.41, 5.74) is 1.95. The zero-order valence-electron chi connectivity index (χ0n) is 19.0. The number of sulfonamides is 2. The minimum absolute atomic E-state index is 0.0277. The van der Waals surface area contributed by atoms with Crippen LogP contribution in [0.25, 0.3) is 0 Å². The predicted octanol–water partition coefficient (Wildman–Crippen LogP) is 4.14. The molecule has 1 atom stereocenters. The monoisotopic (exact) mass is 517 g/mol. The van der Waals surface area contributed by atoms with Crippen LogP contribution in [0.1, 0.15) is 30.5 Å². The van der Waals surface area contributed by atoms with Crippen LogP contribution >= 0.6 is 0 Å². The van der Waals surface area contributed by atoms with Crippen molar-refractivity contribution in [3.8, 4) is 5.75 Å². The third-order valence-electron chi connectivity index (χ3n) is 5.58. The van der Waals surface area contributed by atoms with Crippen LogP contribution in [-0.4, -0.2) is 39.8 Å². The van der Waals surface area contributed by atoms with E-state index in [0.717, 1.165) is 4.41 Å². The van der Waals surface area contributed by atoms with Gasteiger partial charge in [-0.3, -0.25) is 4.72 Å². The third kappa shape index (κ3) is 5.30. The molecule has 11 heteroatoms. The van der Waals surface area contributed by atoms with Crippen molar-refractivity contribution in [2.24, 2.45) is 5.10 Å². The van der Waals surface area contributed by atoms with Gasteiger partial charge in [-0.05, 0) is 66.6 Å². The van der Waals surface area contributed by atoms with E-state index < -0.39 is 31.9 Å². The molecule has 4 rings (SSSR count). The highest BCUT2D eigenvalue weighted by Gasteiger charge is 2.37. The van der Waals surface area contributed by atoms with Gasteiger partial charge < -0.3 is 4.74 Å². The fourth-order valence-corrected chi connectivity index (χ4v) is 5.75. The normalized spacial score (nSPS) is 16.1. The number of anilines is 1. The van der Waals surface area contributed by atoms with Gasteiger partial charge in [0, 0.05) is 12.1 Å². The second-order valence-corrected chi connectivity index (χ2v) is 11.7. The zero-order chi connectivity index (χ0) is 25.2. The van der Waals surface area contributed by atoms with Crippen molar-refractivity contribution >= 4 is 31.4 Å². The molecule has 3 aromatic carbocycles. The van der Waals surface area contributed by atoms with Crippen LogP contribution in [0, 0.1) is 5.82 Å². The molecule has 1 aliphatic rings. The first-order valence-corrected chi connectivity index (χ1v) is 13.8. The topological polar surface area (TPSA) is 105 Å². The molecule has 0 amide bonds. The Bertz CT molecular complexity index is 1460. The molecule has 0 unspecified atom stereocenters. The second-order valence-electron chi connectivity index (χ2n) is 7.86. The Morgan fingerprint density at radius 1 is 1.03 bits per heavy atom. The van der Waals surface area contributed by atoms with Crippen LogP contribution in [0.5, 0.6) is 5.75 Å². The molecule has 0 radical (unpaired) electrons. The molecule has 0 saturated carbocycles. The molecule has 0 aliphatic carbocycles. The van der Waals surface area contributed by atoms with Crippen LogP contribution in [0.2, 0.25) is 0 Å². The molecule has 0 saturated heterocycles. The average molecular weight is 518 g/mol. The van der Waals surface area contributed by atoms with E-state index in [1.165, 1.54) is 50.4 Å². The van der Waals surface area contributed by atoms with Gasteiger partial charge in [-0.25, -0.2) is 12.8 Å². The maximum Gasteiger partial charge on any atom is 0.279 e. The predicted molar refractivity (Wildman–Crippen MR) is 132 cm³/mol. The van der Waals surface area contributed by atoms with E-state index in [4.69, 9.17) is 4.74 Å². The number of hydrogen-bond acceptors (Lipinski definition) is 6. The molecule has 3 aromatic rings. The molecule has 35 heavy (non-hydrogen) atoms. The number of hydrazone groups is 1. The molecule has 0 fully saturated rings. The lowest BCUT2D eigenvalue weighted by Gasteiger charge is -2.23. The van der Waals surface area contributed by atoms with Gasteiger partial charge in [0.15, 0.2) is 0 Å². The maximum absolute atomic E-state index is 13.6. The molecule has 1 aliphatic heterocycles. The van der Waals surface area contributed by atoms with E-state index in [-0.39, 0.29) is 17.1 Å². The van der Waals surface area contributed by atoms with E-state index in [0.29, 0.717) is 28.3 Å². The van der Waals surface area contributed by atoms with Gasteiger partial charge in [-0.2, -0.15) is 17.9 Å². The third-order valence-corrected chi connectivity index (χ3v) is 8.58. The Balaban J connectivity index is 1.76. The summed E-state index contributed by atoms with van der Waals surface area (Å²) in [5, 5.41) is 4.45. The van der Waals surface area contributed by atoms with Crippen LogP contribution in [-0.2, 0) is 20.0 Å². The van der Waals surface area contributed by atoms with E-state index in [2.05, 4.69) is 9.82 Å². The lowest BCUT2D eigenvalue weighted by molar-refractivity contribution is 0.371. The molecule has 8 nitrogen and oxygen atoms in total. The summed E-state index contributed by atoms with van der Waals surface area (Å²) in [7, 11) is -6.07. The number of halogens is 1. The van der Waals surface area contributed by atoms with Gasteiger partial charge in [-0.15, -0.1) is 0 Å². The molecular weight excluding hydrogens is 493 g/mol. The van der Waals surface area contributed by atoms with Crippen molar-refractivity contribution in [3.05, 3.63) is 89.7 Å². The van der Waals surface area contributed by atoms with Crippen LogP contribution in [0.4, 0.5) is 10.1 Å². The number of nitrogens with zero attached hydrogens (tertiary/aromatic N) is 2. The SMILES string of the molecule is CCS(=O)(=O)Nc1cccc(C2=NN(S(=O)(=O)c3ccc(OC)cc3)[C@@H](c3ccc(F)cc3)C2)c1. The Labute approximate surface area is 204 Å². The highest BCUT2D eigenvalue weighted by molar-refractivity contribution is 7.92. The van der Waals surface area contributed by atoms with Gasteiger partial charge in [0.25, 0.3) is 10.0 Å². The van der Waals surface area contributed by atoms with Gasteiger partial charge in [0.1, 0.15) is 11.6 Å². The zero-order valence-corrected chi connectivity index (χ0v) is 20.7. The molecule has 0 bridgehead atoms. The van der Waals surface area contributed by atoms with E-state index in [1.807, 2.05) is 0 Å². The summed E-state index contributed by atoms with van der Waals surface area (Å²) >= 11 is 0. The minimum atomic E-state index is -4.07. The molecule has 1 N–H and O–H groups in total. The molecule has 0 spiro atoms. The van der Waals surface area contributed by atoms with Crippen molar-refractivity contribution < 1.29 is 26.0 Å². The Kier molecular flexibility index (Phi) is 6.82. The number of hydrogen-bond donors (Lipinski definition) is 1. The summed E-state index contributed by atoms with van der Waals surface area (Å²) in [6, 6.07) is 17.5. The second kappa shape index (κ2) is 9.67. The Hall–Kier alpha value is -3.44. The van der Waals surface area contributed by atoms with Gasteiger partial charge in [-0.1, -0.05) is 24.3 Å².